The van der Waals surface area contributed by atoms with E-state index >= 15 is 0 Å². The van der Waals surface area contributed by atoms with Crippen LogP contribution in [0.15, 0.2) is 41.7 Å². The van der Waals surface area contributed by atoms with E-state index in [4.69, 9.17) is 9.97 Å². The SMILES string of the molecule is CN(C1c2ccccc2CC12CCC(c1cnc(SCC3CC3)cn1)CC2)S(=O)C(C)(C)C. The molecule has 0 radical (unpaired) electrons. The van der Waals surface area contributed by atoms with Gasteiger partial charge in [-0.05, 0) is 88.2 Å². The maximum absolute atomic E-state index is 13.4. The second-order valence-electron chi connectivity index (χ2n) is 11.4. The Labute approximate surface area is 206 Å². The summed E-state index contributed by atoms with van der Waals surface area (Å²) in [5, 5.41) is 1.07. The largest absolute Gasteiger partial charge is 0.257 e. The number of benzene rings is 1. The van der Waals surface area contributed by atoms with Crippen molar-refractivity contribution >= 4 is 22.7 Å². The van der Waals surface area contributed by atoms with Gasteiger partial charge in [0, 0.05) is 24.9 Å². The van der Waals surface area contributed by atoms with E-state index in [0.29, 0.717) is 5.92 Å². The van der Waals surface area contributed by atoms with E-state index in [1.54, 1.807) is 0 Å². The average Bonchev–Trinajstić information content (AvgIpc) is 3.58. The standard InChI is InChI=1S/C27H37N3OS2/c1-26(2,3)33(31)30(4)25-22-8-6-5-7-21(22)15-27(25)13-11-20(12-14-27)23-16-29-24(17-28-23)32-18-19-9-10-19/h5-8,16-17,19-20,25H,9-15,18H2,1-4H3. The first-order valence-corrected chi connectivity index (χ1v) is 14.5. The van der Waals surface area contributed by atoms with Gasteiger partial charge in [-0.15, -0.1) is 11.8 Å². The normalized spacial score (nSPS) is 28.3. The zero-order valence-corrected chi connectivity index (χ0v) is 22.1. The van der Waals surface area contributed by atoms with Gasteiger partial charge in [-0.3, -0.25) is 4.98 Å². The summed E-state index contributed by atoms with van der Waals surface area (Å²) in [5.74, 6) is 2.57. The van der Waals surface area contributed by atoms with Crippen LogP contribution >= 0.6 is 11.8 Å². The highest BCUT2D eigenvalue weighted by molar-refractivity contribution is 7.99. The van der Waals surface area contributed by atoms with Crippen molar-refractivity contribution in [2.75, 3.05) is 12.8 Å². The fraction of sp³-hybridized carbons (Fsp3) is 0.630. The number of thioether (sulfide) groups is 1. The third kappa shape index (κ3) is 4.81. The van der Waals surface area contributed by atoms with Crippen molar-refractivity contribution in [3.8, 4) is 0 Å². The van der Waals surface area contributed by atoms with Crippen LogP contribution in [-0.4, -0.2) is 36.0 Å². The molecular weight excluding hydrogens is 446 g/mol. The Balaban J connectivity index is 1.32. The first-order valence-electron chi connectivity index (χ1n) is 12.4. The summed E-state index contributed by atoms with van der Waals surface area (Å²) >= 11 is 1.85. The number of hydrogen-bond acceptors (Lipinski definition) is 4. The molecule has 2 atom stereocenters. The summed E-state index contributed by atoms with van der Waals surface area (Å²) in [6, 6.07) is 9.05. The monoisotopic (exact) mass is 483 g/mol. The van der Waals surface area contributed by atoms with E-state index in [1.165, 1.54) is 29.7 Å². The van der Waals surface area contributed by atoms with Crippen LogP contribution in [0.3, 0.4) is 0 Å². The molecule has 0 aliphatic heterocycles. The first kappa shape index (κ1) is 23.5. The quantitative estimate of drug-likeness (QED) is 0.451. The molecule has 2 aromatic rings. The van der Waals surface area contributed by atoms with E-state index < -0.39 is 11.0 Å². The molecule has 0 bridgehead atoms. The maximum atomic E-state index is 13.4. The highest BCUT2D eigenvalue weighted by Gasteiger charge is 2.51. The second-order valence-corrected chi connectivity index (χ2v) is 14.7. The molecule has 6 heteroatoms. The fourth-order valence-corrected chi connectivity index (χ4v) is 8.30. The lowest BCUT2D eigenvalue weighted by Crippen LogP contribution is -2.44. The zero-order chi connectivity index (χ0) is 23.2. The smallest absolute Gasteiger partial charge is 0.114 e. The Bertz CT molecular complexity index is 1000. The van der Waals surface area contributed by atoms with Crippen LogP contribution in [0, 0.1) is 11.3 Å². The summed E-state index contributed by atoms with van der Waals surface area (Å²) < 4.78 is 15.3. The summed E-state index contributed by atoms with van der Waals surface area (Å²) in [7, 11) is 1.03. The molecule has 0 N–H and O–H groups in total. The second kappa shape index (κ2) is 9.09. The fourth-order valence-electron chi connectivity index (χ4n) is 5.91. The van der Waals surface area contributed by atoms with Crippen molar-refractivity contribution in [2.45, 2.75) is 87.4 Å². The zero-order valence-electron chi connectivity index (χ0n) is 20.4. The van der Waals surface area contributed by atoms with Crippen molar-refractivity contribution < 1.29 is 4.21 Å². The van der Waals surface area contributed by atoms with Crippen LogP contribution in [0.25, 0.3) is 0 Å². The van der Waals surface area contributed by atoms with Gasteiger partial charge in [0.15, 0.2) is 0 Å². The molecule has 1 aromatic carbocycles. The molecule has 1 aromatic heterocycles. The van der Waals surface area contributed by atoms with E-state index in [1.807, 2.05) is 24.2 Å². The Morgan fingerprint density at radius 1 is 1.09 bits per heavy atom. The molecular formula is C27H37N3OS2. The van der Waals surface area contributed by atoms with Crippen molar-refractivity contribution in [1.29, 1.82) is 0 Å². The molecule has 1 heterocycles. The lowest BCUT2D eigenvalue weighted by atomic mass is 9.66. The highest BCUT2D eigenvalue weighted by Crippen LogP contribution is 2.58. The molecule has 2 unspecified atom stereocenters. The number of nitrogens with zero attached hydrogens (tertiary/aromatic N) is 3. The molecule has 33 heavy (non-hydrogen) atoms. The molecule has 1 spiro atoms. The van der Waals surface area contributed by atoms with Gasteiger partial charge in [-0.1, -0.05) is 24.3 Å². The van der Waals surface area contributed by atoms with E-state index in [-0.39, 0.29) is 16.2 Å². The molecule has 3 aliphatic carbocycles. The molecule has 2 fully saturated rings. The lowest BCUT2D eigenvalue weighted by molar-refractivity contribution is 0.0948. The minimum Gasteiger partial charge on any atom is -0.257 e. The predicted molar refractivity (Wildman–Crippen MR) is 138 cm³/mol. The number of hydrogen-bond donors (Lipinski definition) is 0. The first-order chi connectivity index (χ1) is 15.8. The van der Waals surface area contributed by atoms with E-state index in [2.05, 4.69) is 56.4 Å². The number of aromatic nitrogens is 2. The molecule has 0 amide bonds. The molecule has 4 nitrogen and oxygen atoms in total. The van der Waals surface area contributed by atoms with Crippen molar-refractivity contribution in [1.82, 2.24) is 14.3 Å². The lowest BCUT2D eigenvalue weighted by Gasteiger charge is -2.45. The third-order valence-electron chi connectivity index (χ3n) is 7.83. The van der Waals surface area contributed by atoms with Gasteiger partial charge >= 0.3 is 0 Å². The van der Waals surface area contributed by atoms with Crippen molar-refractivity contribution in [2.24, 2.45) is 11.3 Å². The summed E-state index contributed by atoms with van der Waals surface area (Å²) in [4.78, 5) is 9.55. The molecule has 2 saturated carbocycles. The van der Waals surface area contributed by atoms with E-state index in [9.17, 15) is 4.21 Å². The maximum Gasteiger partial charge on any atom is 0.114 e. The highest BCUT2D eigenvalue weighted by atomic mass is 32.2. The van der Waals surface area contributed by atoms with Crippen LogP contribution in [0.2, 0.25) is 0 Å². The topological polar surface area (TPSA) is 46.1 Å². The van der Waals surface area contributed by atoms with Crippen LogP contribution in [-0.2, 0) is 17.4 Å². The summed E-state index contributed by atoms with van der Waals surface area (Å²) in [5.41, 5.74) is 4.13. The Kier molecular flexibility index (Phi) is 6.47. The van der Waals surface area contributed by atoms with Crippen molar-refractivity contribution in [3.63, 3.8) is 0 Å². The average molecular weight is 484 g/mol. The summed E-state index contributed by atoms with van der Waals surface area (Å²) in [6.45, 7) is 6.24. The predicted octanol–water partition coefficient (Wildman–Crippen LogP) is 6.31. The van der Waals surface area contributed by atoms with Gasteiger partial charge in [0.05, 0.1) is 22.7 Å². The van der Waals surface area contributed by atoms with Crippen molar-refractivity contribution in [3.05, 3.63) is 53.5 Å². The molecule has 5 rings (SSSR count). The van der Waals surface area contributed by atoms with Gasteiger partial charge in [0.1, 0.15) is 16.0 Å². The minimum atomic E-state index is -1.05. The number of fused-ring (bicyclic) bond motifs is 1. The molecule has 3 aliphatic rings. The van der Waals surface area contributed by atoms with Gasteiger partial charge in [0.2, 0.25) is 0 Å². The van der Waals surface area contributed by atoms with Crippen LogP contribution in [0.4, 0.5) is 0 Å². The van der Waals surface area contributed by atoms with Crippen LogP contribution in [0.1, 0.15) is 88.1 Å². The Morgan fingerprint density at radius 3 is 2.45 bits per heavy atom. The van der Waals surface area contributed by atoms with Gasteiger partial charge in [-0.25, -0.2) is 13.5 Å². The number of rotatable bonds is 6. The van der Waals surface area contributed by atoms with E-state index in [0.717, 1.165) is 48.7 Å². The van der Waals surface area contributed by atoms with Crippen LogP contribution < -0.4 is 0 Å². The molecule has 178 valence electrons. The minimum absolute atomic E-state index is 0.156. The molecule has 0 saturated heterocycles. The Hall–Kier alpha value is -1.24. The Morgan fingerprint density at radius 2 is 1.82 bits per heavy atom. The van der Waals surface area contributed by atoms with Gasteiger partial charge < -0.3 is 0 Å². The van der Waals surface area contributed by atoms with Gasteiger partial charge in [-0.2, -0.15) is 0 Å². The van der Waals surface area contributed by atoms with Gasteiger partial charge in [0.25, 0.3) is 0 Å². The third-order valence-corrected chi connectivity index (χ3v) is 10.8. The summed E-state index contributed by atoms with van der Waals surface area (Å²) in [6.07, 6.45) is 12.4. The van der Waals surface area contributed by atoms with Crippen LogP contribution in [0.5, 0.6) is 0 Å².